The number of nitrogens with zero attached hydrogens (tertiary/aromatic N) is 3. The highest BCUT2D eigenvalue weighted by Crippen LogP contribution is 2.45. The predicted octanol–water partition coefficient (Wildman–Crippen LogP) is 7.00. The molecule has 6 rings (SSSR count). The lowest BCUT2D eigenvalue weighted by Crippen LogP contribution is -2.54. The molecule has 2 aliphatic rings. The summed E-state index contributed by atoms with van der Waals surface area (Å²) in [7, 11) is 0. The van der Waals surface area contributed by atoms with Crippen LogP contribution in [0.15, 0.2) is 71.1 Å². The van der Waals surface area contributed by atoms with Gasteiger partial charge < -0.3 is 13.9 Å². The van der Waals surface area contributed by atoms with Crippen LogP contribution < -0.4 is 4.74 Å². The van der Waals surface area contributed by atoms with Crippen LogP contribution in [0.2, 0.25) is 0 Å². The number of ether oxygens (including phenoxy) is 2. The average molecular weight is 524 g/mol. The molecule has 2 heterocycles. The van der Waals surface area contributed by atoms with Crippen molar-refractivity contribution in [2.75, 3.05) is 6.61 Å². The second kappa shape index (κ2) is 9.92. The minimum atomic E-state index is -0.319. The SMILES string of the molecule is Cc1cc(-c2nnc(-c3ccc4c(c3)CC3(CC4)COC(C)(C)N3Cc3ccccc3)o2)ccc1OC(C)C. The standard InChI is InChI=1S/C33H37N3O3/c1-22(2)38-29-14-13-26(17-23(29)3)30-34-35-31(39-30)27-12-11-25-15-16-33(19-28(25)18-27)21-37-32(4,5)36(33)20-24-9-7-6-8-10-24/h6-14,17-18,22H,15-16,19-21H2,1-5H3. The Labute approximate surface area is 231 Å². The lowest BCUT2D eigenvalue weighted by Gasteiger charge is -2.45. The molecule has 0 saturated carbocycles. The first-order valence-electron chi connectivity index (χ1n) is 13.9. The lowest BCUT2D eigenvalue weighted by atomic mass is 9.76. The Bertz CT molecular complexity index is 1480. The summed E-state index contributed by atoms with van der Waals surface area (Å²) in [6, 6.07) is 23.3. The van der Waals surface area contributed by atoms with E-state index in [0.717, 1.165) is 54.9 Å². The van der Waals surface area contributed by atoms with Crippen molar-refractivity contribution in [3.8, 4) is 28.7 Å². The summed E-state index contributed by atoms with van der Waals surface area (Å²) in [4.78, 5) is 2.57. The van der Waals surface area contributed by atoms with Crippen molar-refractivity contribution in [2.45, 2.75) is 77.8 Å². The first kappa shape index (κ1) is 25.8. The van der Waals surface area contributed by atoms with E-state index in [2.05, 4.69) is 77.5 Å². The van der Waals surface area contributed by atoms with Gasteiger partial charge in [-0.15, -0.1) is 10.2 Å². The zero-order valence-corrected chi connectivity index (χ0v) is 23.5. The van der Waals surface area contributed by atoms with Gasteiger partial charge in [0.25, 0.3) is 0 Å². The molecule has 0 bridgehead atoms. The van der Waals surface area contributed by atoms with E-state index in [9.17, 15) is 0 Å². The Morgan fingerprint density at radius 1 is 0.923 bits per heavy atom. The van der Waals surface area contributed by atoms with Gasteiger partial charge in [-0.25, -0.2) is 0 Å². The van der Waals surface area contributed by atoms with Crippen molar-refractivity contribution in [3.63, 3.8) is 0 Å². The Kier molecular flexibility index (Phi) is 6.56. The zero-order chi connectivity index (χ0) is 27.2. The summed E-state index contributed by atoms with van der Waals surface area (Å²) in [6.45, 7) is 12.1. The molecule has 6 heteroatoms. The van der Waals surface area contributed by atoms with E-state index in [1.54, 1.807) is 0 Å². The number of rotatable bonds is 6. The highest BCUT2D eigenvalue weighted by atomic mass is 16.5. The predicted molar refractivity (Wildman–Crippen MR) is 152 cm³/mol. The van der Waals surface area contributed by atoms with Crippen molar-refractivity contribution in [1.29, 1.82) is 0 Å². The molecule has 1 aliphatic carbocycles. The number of benzene rings is 3. The van der Waals surface area contributed by atoms with Crippen LogP contribution in [-0.4, -0.2) is 39.1 Å². The molecule has 1 aliphatic heterocycles. The Morgan fingerprint density at radius 2 is 1.64 bits per heavy atom. The summed E-state index contributed by atoms with van der Waals surface area (Å²) >= 11 is 0. The quantitative estimate of drug-likeness (QED) is 0.271. The van der Waals surface area contributed by atoms with Crippen LogP contribution in [0.5, 0.6) is 5.75 Å². The molecule has 1 aromatic heterocycles. The molecule has 1 saturated heterocycles. The lowest BCUT2D eigenvalue weighted by molar-refractivity contribution is -0.0673. The van der Waals surface area contributed by atoms with E-state index < -0.39 is 0 Å². The summed E-state index contributed by atoms with van der Waals surface area (Å²) in [6.07, 6.45) is 3.17. The van der Waals surface area contributed by atoms with Crippen LogP contribution in [0.25, 0.3) is 22.9 Å². The second-order valence-electron chi connectivity index (χ2n) is 11.8. The van der Waals surface area contributed by atoms with Gasteiger partial charge in [0.1, 0.15) is 11.5 Å². The Morgan fingerprint density at radius 3 is 2.36 bits per heavy atom. The second-order valence-corrected chi connectivity index (χ2v) is 11.8. The summed E-state index contributed by atoms with van der Waals surface area (Å²) < 4.78 is 18.5. The molecule has 4 aromatic rings. The van der Waals surface area contributed by atoms with Gasteiger partial charge in [0, 0.05) is 17.7 Å². The Balaban J connectivity index is 1.26. The highest BCUT2D eigenvalue weighted by Gasteiger charge is 2.52. The summed E-state index contributed by atoms with van der Waals surface area (Å²) in [5.74, 6) is 1.92. The minimum Gasteiger partial charge on any atom is -0.491 e. The maximum atomic E-state index is 6.42. The third kappa shape index (κ3) is 4.99. The smallest absolute Gasteiger partial charge is 0.248 e. The van der Waals surface area contributed by atoms with Gasteiger partial charge in [-0.2, -0.15) is 0 Å². The fourth-order valence-electron chi connectivity index (χ4n) is 6.12. The first-order valence-corrected chi connectivity index (χ1v) is 13.9. The number of fused-ring (bicyclic) bond motifs is 1. The van der Waals surface area contributed by atoms with E-state index in [1.807, 2.05) is 39.0 Å². The third-order valence-electron chi connectivity index (χ3n) is 8.14. The molecule has 1 unspecified atom stereocenters. The third-order valence-corrected chi connectivity index (χ3v) is 8.14. The molecule has 0 radical (unpaired) electrons. The normalized spacial score (nSPS) is 20.5. The van der Waals surface area contributed by atoms with Gasteiger partial charge in [0.15, 0.2) is 0 Å². The molecule has 6 nitrogen and oxygen atoms in total. The largest absolute Gasteiger partial charge is 0.491 e. The minimum absolute atomic E-state index is 0.0394. The molecule has 1 fully saturated rings. The van der Waals surface area contributed by atoms with E-state index in [1.165, 1.54) is 16.7 Å². The molecule has 0 N–H and O–H groups in total. The highest BCUT2D eigenvalue weighted by molar-refractivity contribution is 5.61. The number of aryl methyl sites for hydroxylation is 2. The molecule has 1 atom stereocenters. The number of hydrogen-bond donors (Lipinski definition) is 0. The van der Waals surface area contributed by atoms with Crippen LogP contribution in [0.1, 0.15) is 56.4 Å². The number of aromatic nitrogens is 2. The van der Waals surface area contributed by atoms with Crippen molar-refractivity contribution >= 4 is 0 Å². The fourth-order valence-corrected chi connectivity index (χ4v) is 6.12. The van der Waals surface area contributed by atoms with Crippen LogP contribution >= 0.6 is 0 Å². The van der Waals surface area contributed by atoms with Crippen molar-refractivity contribution in [3.05, 3.63) is 89.0 Å². The van der Waals surface area contributed by atoms with Gasteiger partial charge in [-0.1, -0.05) is 36.4 Å². The molecule has 39 heavy (non-hydrogen) atoms. The Hall–Kier alpha value is -3.48. The van der Waals surface area contributed by atoms with Crippen molar-refractivity contribution in [1.82, 2.24) is 15.1 Å². The topological polar surface area (TPSA) is 60.6 Å². The molecule has 3 aromatic carbocycles. The summed E-state index contributed by atoms with van der Waals surface area (Å²) in [5, 5.41) is 8.78. The van der Waals surface area contributed by atoms with Crippen molar-refractivity contribution in [2.24, 2.45) is 0 Å². The van der Waals surface area contributed by atoms with Crippen molar-refractivity contribution < 1.29 is 13.9 Å². The monoisotopic (exact) mass is 523 g/mol. The molecule has 1 spiro atoms. The molecule has 0 amide bonds. The molecular weight excluding hydrogens is 486 g/mol. The van der Waals surface area contributed by atoms with Crippen LogP contribution in [-0.2, 0) is 24.1 Å². The van der Waals surface area contributed by atoms with Crippen LogP contribution in [0.3, 0.4) is 0 Å². The van der Waals surface area contributed by atoms with Gasteiger partial charge in [0.05, 0.1) is 18.2 Å². The van der Waals surface area contributed by atoms with Crippen LogP contribution in [0, 0.1) is 6.92 Å². The van der Waals surface area contributed by atoms with E-state index in [0.29, 0.717) is 11.8 Å². The molecule has 202 valence electrons. The van der Waals surface area contributed by atoms with Gasteiger partial charge in [-0.3, -0.25) is 4.90 Å². The van der Waals surface area contributed by atoms with E-state index >= 15 is 0 Å². The van der Waals surface area contributed by atoms with E-state index in [-0.39, 0.29) is 17.4 Å². The van der Waals surface area contributed by atoms with Gasteiger partial charge in [-0.05, 0) is 106 Å². The maximum Gasteiger partial charge on any atom is 0.248 e. The van der Waals surface area contributed by atoms with Gasteiger partial charge in [0.2, 0.25) is 11.8 Å². The van der Waals surface area contributed by atoms with Crippen LogP contribution in [0.4, 0.5) is 0 Å². The first-order chi connectivity index (χ1) is 18.7. The van der Waals surface area contributed by atoms with E-state index in [4.69, 9.17) is 13.9 Å². The molecular formula is C33H37N3O3. The maximum absolute atomic E-state index is 6.42. The average Bonchev–Trinajstić information content (AvgIpc) is 3.50. The fraction of sp³-hybridized carbons (Fsp3) is 0.394. The summed E-state index contributed by atoms with van der Waals surface area (Å²) in [5.41, 5.74) is 6.57. The number of hydrogen-bond acceptors (Lipinski definition) is 6. The zero-order valence-electron chi connectivity index (χ0n) is 23.5. The van der Waals surface area contributed by atoms with Gasteiger partial charge >= 0.3 is 0 Å².